The predicted octanol–water partition coefficient (Wildman–Crippen LogP) is 0.443. The summed E-state index contributed by atoms with van der Waals surface area (Å²) in [4.78, 5) is 54.3. The zero-order valence-electron chi connectivity index (χ0n) is 22.4. The number of ether oxygens (including phenoxy) is 2. The topological polar surface area (TPSA) is 138 Å². The zero-order chi connectivity index (χ0) is 27.3. The average Bonchev–Trinajstić information content (AvgIpc) is 2.90. The van der Waals surface area contributed by atoms with E-state index in [1.165, 1.54) is 0 Å². The van der Waals surface area contributed by atoms with Crippen LogP contribution in [-0.4, -0.2) is 93.2 Å². The fourth-order valence-corrected chi connectivity index (χ4v) is 4.42. The van der Waals surface area contributed by atoms with Crippen molar-refractivity contribution in [2.75, 3.05) is 52.5 Å². The number of rotatable bonds is 7. The predicted molar refractivity (Wildman–Crippen MR) is 142 cm³/mol. The summed E-state index contributed by atoms with van der Waals surface area (Å²) in [6, 6.07) is 4.90. The molecule has 0 unspecified atom stereocenters. The van der Waals surface area contributed by atoms with Crippen molar-refractivity contribution in [1.82, 2.24) is 26.2 Å². The van der Waals surface area contributed by atoms with Crippen LogP contribution in [0.2, 0.25) is 0 Å². The first-order valence-corrected chi connectivity index (χ1v) is 13.5. The van der Waals surface area contributed by atoms with E-state index in [2.05, 4.69) is 26.2 Å². The molecule has 4 N–H and O–H groups in total. The van der Waals surface area contributed by atoms with Crippen LogP contribution in [0, 0.1) is 5.92 Å². The maximum atomic E-state index is 13.2. The zero-order valence-corrected chi connectivity index (χ0v) is 22.4. The molecule has 1 fully saturated rings. The van der Waals surface area contributed by atoms with Crippen molar-refractivity contribution in [1.29, 1.82) is 0 Å². The van der Waals surface area contributed by atoms with Crippen molar-refractivity contribution in [2.24, 2.45) is 5.92 Å². The molecule has 2 heterocycles. The van der Waals surface area contributed by atoms with Crippen LogP contribution < -0.4 is 26.0 Å². The third kappa shape index (κ3) is 9.60. The molecule has 4 amide bonds. The Morgan fingerprint density at radius 1 is 1.11 bits per heavy atom. The lowest BCUT2D eigenvalue weighted by atomic mass is 10.0. The summed E-state index contributed by atoms with van der Waals surface area (Å²) in [5, 5.41) is 11.2. The van der Waals surface area contributed by atoms with Crippen LogP contribution in [0.25, 0.3) is 0 Å². The van der Waals surface area contributed by atoms with E-state index in [1.807, 2.05) is 13.8 Å². The van der Waals surface area contributed by atoms with Crippen molar-refractivity contribution in [3.8, 4) is 5.75 Å². The minimum Gasteiger partial charge on any atom is -0.493 e. The number of hydrogen-bond donors (Lipinski definition) is 4. The number of carbonyl (C=O) groups is 4. The van der Waals surface area contributed by atoms with Gasteiger partial charge in [-0.25, -0.2) is 0 Å². The van der Waals surface area contributed by atoms with Gasteiger partial charge in [0.25, 0.3) is 5.91 Å². The van der Waals surface area contributed by atoms with Crippen molar-refractivity contribution < 1.29 is 28.7 Å². The molecule has 3 rings (SSSR count). The van der Waals surface area contributed by atoms with Crippen molar-refractivity contribution >= 4 is 23.6 Å². The van der Waals surface area contributed by atoms with Gasteiger partial charge in [-0.3, -0.25) is 24.1 Å². The summed E-state index contributed by atoms with van der Waals surface area (Å²) in [6.45, 7) is 8.94. The van der Waals surface area contributed by atoms with E-state index in [1.54, 1.807) is 24.3 Å². The first kappa shape index (κ1) is 29.4. The van der Waals surface area contributed by atoms with Crippen LogP contribution in [-0.2, 0) is 19.1 Å². The monoisotopic (exact) mass is 531 g/mol. The normalized spacial score (nSPS) is 22.1. The minimum atomic E-state index is -1.12. The number of benzene rings is 1. The number of nitrogens with zero attached hydrogens (tertiary/aromatic N) is 1. The minimum absolute atomic E-state index is 0.163. The Morgan fingerprint density at radius 3 is 2.63 bits per heavy atom. The molecule has 38 heavy (non-hydrogen) atoms. The summed E-state index contributed by atoms with van der Waals surface area (Å²) in [6.07, 6.45) is 1.40. The molecule has 210 valence electrons. The van der Waals surface area contributed by atoms with E-state index >= 15 is 0 Å². The van der Waals surface area contributed by atoms with Crippen LogP contribution in [0.15, 0.2) is 24.3 Å². The number of morpholine rings is 1. The first-order chi connectivity index (χ1) is 18.3. The SMILES string of the molecule is CC(C)C[C@@H]1NC(=O)C[C@@H](C(=O)NCCCN2CCOCC2)NC(=O)c2ccccc2OCCCNC1=O. The molecule has 0 saturated carbocycles. The molecule has 11 heteroatoms. The second-order valence-electron chi connectivity index (χ2n) is 10.1. The summed E-state index contributed by atoms with van der Waals surface area (Å²) >= 11 is 0. The molecule has 2 atom stereocenters. The van der Waals surface area contributed by atoms with E-state index in [4.69, 9.17) is 9.47 Å². The van der Waals surface area contributed by atoms with E-state index in [9.17, 15) is 19.2 Å². The highest BCUT2D eigenvalue weighted by molar-refractivity contribution is 6.01. The van der Waals surface area contributed by atoms with Gasteiger partial charge in [0.15, 0.2) is 0 Å². The maximum absolute atomic E-state index is 13.2. The summed E-state index contributed by atoms with van der Waals surface area (Å²) in [5.41, 5.74) is 0.273. The van der Waals surface area contributed by atoms with Crippen LogP contribution >= 0.6 is 0 Å². The fourth-order valence-electron chi connectivity index (χ4n) is 4.42. The van der Waals surface area contributed by atoms with Crippen LogP contribution in [0.5, 0.6) is 5.75 Å². The van der Waals surface area contributed by atoms with Gasteiger partial charge in [0.2, 0.25) is 17.7 Å². The fraction of sp³-hybridized carbons (Fsp3) is 0.630. The molecule has 0 aliphatic carbocycles. The van der Waals surface area contributed by atoms with Crippen molar-refractivity contribution in [3.05, 3.63) is 29.8 Å². The van der Waals surface area contributed by atoms with Crippen LogP contribution in [0.3, 0.4) is 0 Å². The molecule has 0 radical (unpaired) electrons. The molecule has 2 aliphatic rings. The van der Waals surface area contributed by atoms with E-state index in [-0.39, 0.29) is 23.8 Å². The molecule has 11 nitrogen and oxygen atoms in total. The van der Waals surface area contributed by atoms with Gasteiger partial charge in [-0.15, -0.1) is 0 Å². The number of hydrogen-bond acceptors (Lipinski definition) is 7. The molecule has 2 aliphatic heterocycles. The Hall–Kier alpha value is -3.18. The molecule has 1 aromatic rings. The Morgan fingerprint density at radius 2 is 1.87 bits per heavy atom. The highest BCUT2D eigenvalue weighted by Gasteiger charge is 2.28. The average molecular weight is 532 g/mol. The lowest BCUT2D eigenvalue weighted by Crippen LogP contribution is -2.52. The Bertz CT molecular complexity index is 950. The molecule has 1 aromatic carbocycles. The first-order valence-electron chi connectivity index (χ1n) is 13.5. The van der Waals surface area contributed by atoms with E-state index in [0.29, 0.717) is 51.5 Å². The van der Waals surface area contributed by atoms with Crippen molar-refractivity contribution in [3.63, 3.8) is 0 Å². The third-order valence-corrected chi connectivity index (χ3v) is 6.43. The van der Waals surface area contributed by atoms with Gasteiger partial charge in [-0.1, -0.05) is 26.0 Å². The second kappa shape index (κ2) is 15.3. The van der Waals surface area contributed by atoms with Gasteiger partial charge in [-0.05, 0) is 43.9 Å². The van der Waals surface area contributed by atoms with E-state index in [0.717, 1.165) is 26.1 Å². The molecule has 0 bridgehead atoms. The van der Waals surface area contributed by atoms with Gasteiger partial charge < -0.3 is 30.7 Å². The molecular formula is C27H41N5O6. The summed E-state index contributed by atoms with van der Waals surface area (Å²) in [7, 11) is 0. The number of para-hydroxylation sites is 1. The lowest BCUT2D eigenvalue weighted by molar-refractivity contribution is -0.131. The van der Waals surface area contributed by atoms with Crippen LogP contribution in [0.1, 0.15) is 49.9 Å². The van der Waals surface area contributed by atoms with Gasteiger partial charge in [0.1, 0.15) is 17.8 Å². The number of amides is 4. The number of fused-ring (bicyclic) bond motifs is 1. The molecule has 1 saturated heterocycles. The summed E-state index contributed by atoms with van der Waals surface area (Å²) in [5.74, 6) is -1.20. The quantitative estimate of drug-likeness (QED) is 0.375. The molecule has 0 aromatic heterocycles. The lowest BCUT2D eigenvalue weighted by Gasteiger charge is -2.26. The Balaban J connectivity index is 1.71. The largest absolute Gasteiger partial charge is 0.493 e. The standard InChI is InChI=1S/C27H41N5O6/c1-19(2)17-21-26(35)29-10-6-14-38-23-8-4-3-7-20(23)25(34)31-22(18-24(33)30-21)27(36)28-9-5-11-32-12-15-37-16-13-32/h3-4,7-8,19,21-22H,5-6,9-18H2,1-2H3,(H,28,36)(H,29,35)(H,30,33)(H,31,34)/t21-,22-/m0/s1. The van der Waals surface area contributed by atoms with Gasteiger partial charge in [-0.2, -0.15) is 0 Å². The Kier molecular flexibility index (Phi) is 11.8. The summed E-state index contributed by atoms with van der Waals surface area (Å²) < 4.78 is 11.2. The molecule has 0 spiro atoms. The second-order valence-corrected chi connectivity index (χ2v) is 10.1. The highest BCUT2D eigenvalue weighted by Crippen LogP contribution is 2.18. The maximum Gasteiger partial charge on any atom is 0.255 e. The van der Waals surface area contributed by atoms with Crippen molar-refractivity contribution in [2.45, 2.75) is 51.6 Å². The van der Waals surface area contributed by atoms with Crippen LogP contribution in [0.4, 0.5) is 0 Å². The Labute approximate surface area is 224 Å². The third-order valence-electron chi connectivity index (χ3n) is 6.43. The van der Waals surface area contributed by atoms with Gasteiger partial charge in [0, 0.05) is 26.2 Å². The van der Waals surface area contributed by atoms with E-state index < -0.39 is 29.8 Å². The molecular weight excluding hydrogens is 490 g/mol. The number of carbonyl (C=O) groups excluding carboxylic acids is 4. The van der Waals surface area contributed by atoms with Gasteiger partial charge in [0.05, 0.1) is 31.8 Å². The number of nitrogens with one attached hydrogen (secondary N) is 4. The van der Waals surface area contributed by atoms with Gasteiger partial charge >= 0.3 is 0 Å². The highest BCUT2D eigenvalue weighted by atomic mass is 16.5. The smallest absolute Gasteiger partial charge is 0.255 e.